The maximum atomic E-state index is 12.0. The van der Waals surface area contributed by atoms with Crippen LogP contribution in [0.4, 0.5) is 13.2 Å². The van der Waals surface area contributed by atoms with Gasteiger partial charge in [0.15, 0.2) is 0 Å². The van der Waals surface area contributed by atoms with Crippen molar-refractivity contribution in [2.24, 2.45) is 0 Å². The van der Waals surface area contributed by atoms with Gasteiger partial charge in [-0.25, -0.2) is 0 Å². The van der Waals surface area contributed by atoms with Gasteiger partial charge in [0.1, 0.15) is 24.4 Å². The monoisotopic (exact) mass is 296 g/mol. The van der Waals surface area contributed by atoms with Gasteiger partial charge in [0.25, 0.3) is 0 Å². The highest BCUT2D eigenvalue weighted by molar-refractivity contribution is 5.74. The van der Waals surface area contributed by atoms with E-state index in [1.165, 1.54) is 24.3 Å². The Kier molecular flexibility index (Phi) is 4.47. The van der Waals surface area contributed by atoms with Crippen LogP contribution in [0.1, 0.15) is 15.9 Å². The molecular formula is C15H11F3O3. The molecule has 2 aromatic carbocycles. The third-order valence-corrected chi connectivity index (χ3v) is 2.55. The van der Waals surface area contributed by atoms with Crippen molar-refractivity contribution in [3.63, 3.8) is 0 Å². The van der Waals surface area contributed by atoms with E-state index in [-0.39, 0.29) is 12.4 Å². The third kappa shape index (κ3) is 4.83. The molecule has 0 aromatic heterocycles. The van der Waals surface area contributed by atoms with Gasteiger partial charge in [-0.05, 0) is 35.9 Å². The van der Waals surface area contributed by atoms with Crippen LogP contribution in [0.15, 0.2) is 48.5 Å². The molecule has 0 N–H and O–H groups in total. The van der Waals surface area contributed by atoms with Crippen molar-refractivity contribution in [3.05, 3.63) is 59.7 Å². The highest BCUT2D eigenvalue weighted by Gasteiger charge is 2.30. The first-order valence-corrected chi connectivity index (χ1v) is 5.99. The molecule has 0 fully saturated rings. The lowest BCUT2D eigenvalue weighted by atomic mass is 10.1. The van der Waals surface area contributed by atoms with E-state index in [1.54, 1.807) is 24.3 Å². The fourth-order valence-electron chi connectivity index (χ4n) is 1.66. The van der Waals surface area contributed by atoms with Gasteiger partial charge in [-0.3, -0.25) is 4.79 Å². The predicted molar refractivity (Wildman–Crippen MR) is 69.3 cm³/mol. The zero-order valence-electron chi connectivity index (χ0n) is 10.8. The van der Waals surface area contributed by atoms with Crippen LogP contribution in [0.3, 0.4) is 0 Å². The number of ether oxygens (including phenoxy) is 2. The molecule has 0 spiro atoms. The van der Waals surface area contributed by atoms with E-state index in [4.69, 9.17) is 4.74 Å². The molecule has 3 nitrogen and oxygen atoms in total. The third-order valence-electron chi connectivity index (χ3n) is 2.55. The summed E-state index contributed by atoms with van der Waals surface area (Å²) in [5.74, 6) is 0.0961. The fraction of sp³-hybridized carbons (Fsp3) is 0.133. The van der Waals surface area contributed by atoms with Crippen LogP contribution in [0.25, 0.3) is 0 Å². The second-order valence-electron chi connectivity index (χ2n) is 4.17. The summed E-state index contributed by atoms with van der Waals surface area (Å²) in [4.78, 5) is 10.6. The van der Waals surface area contributed by atoms with Gasteiger partial charge in [0, 0.05) is 5.56 Å². The molecule has 0 heterocycles. The second-order valence-corrected chi connectivity index (χ2v) is 4.17. The van der Waals surface area contributed by atoms with Crippen molar-refractivity contribution in [1.82, 2.24) is 0 Å². The first kappa shape index (κ1) is 14.9. The summed E-state index contributed by atoms with van der Waals surface area (Å²) < 4.78 is 45.2. The van der Waals surface area contributed by atoms with Crippen LogP contribution in [0.5, 0.6) is 11.5 Å². The van der Waals surface area contributed by atoms with Crippen molar-refractivity contribution in [3.8, 4) is 11.5 Å². The second kappa shape index (κ2) is 6.30. The minimum absolute atomic E-state index is 0.209. The number of hydrogen-bond donors (Lipinski definition) is 0. The van der Waals surface area contributed by atoms with Crippen LogP contribution in [-0.4, -0.2) is 12.6 Å². The van der Waals surface area contributed by atoms with Crippen molar-refractivity contribution < 1.29 is 27.4 Å². The topological polar surface area (TPSA) is 35.5 Å². The Bertz CT molecular complexity index is 606. The molecule has 0 aliphatic carbocycles. The van der Waals surface area contributed by atoms with Crippen molar-refractivity contribution in [1.29, 1.82) is 0 Å². The molecule has 110 valence electrons. The summed E-state index contributed by atoms with van der Waals surface area (Å²) >= 11 is 0. The molecule has 6 heteroatoms. The van der Waals surface area contributed by atoms with Crippen LogP contribution >= 0.6 is 0 Å². The summed E-state index contributed by atoms with van der Waals surface area (Å²) in [5, 5.41) is 0. The first-order chi connectivity index (χ1) is 9.96. The number of halogens is 3. The maximum absolute atomic E-state index is 12.0. The van der Waals surface area contributed by atoms with Crippen LogP contribution in [0.2, 0.25) is 0 Å². The van der Waals surface area contributed by atoms with Gasteiger partial charge in [-0.15, -0.1) is 13.2 Å². The summed E-state index contributed by atoms with van der Waals surface area (Å²) in [6.07, 6.45) is -3.98. The SMILES string of the molecule is O=Cc1cccc(COc2ccc(OC(F)(F)F)cc2)c1. The molecule has 0 bridgehead atoms. The molecule has 2 rings (SSSR count). The van der Waals surface area contributed by atoms with E-state index in [1.807, 2.05) is 0 Å². The Morgan fingerprint density at radius 1 is 1.00 bits per heavy atom. The van der Waals surface area contributed by atoms with Crippen LogP contribution < -0.4 is 9.47 Å². The molecule has 0 amide bonds. The molecule has 0 unspecified atom stereocenters. The zero-order chi connectivity index (χ0) is 15.3. The fourth-order valence-corrected chi connectivity index (χ4v) is 1.66. The normalized spacial score (nSPS) is 11.0. The van der Waals surface area contributed by atoms with E-state index in [0.29, 0.717) is 11.3 Å². The Morgan fingerprint density at radius 2 is 1.67 bits per heavy atom. The van der Waals surface area contributed by atoms with Crippen molar-refractivity contribution in [2.45, 2.75) is 13.0 Å². The number of rotatable bonds is 5. The number of carbonyl (C=O) groups is 1. The number of carbonyl (C=O) groups excluding carboxylic acids is 1. The summed E-state index contributed by atoms with van der Waals surface area (Å²) in [6.45, 7) is 0.209. The summed E-state index contributed by atoms with van der Waals surface area (Å²) in [7, 11) is 0. The number of alkyl halides is 3. The zero-order valence-corrected chi connectivity index (χ0v) is 10.8. The average Bonchev–Trinajstić information content (AvgIpc) is 2.45. The van der Waals surface area contributed by atoms with E-state index in [9.17, 15) is 18.0 Å². The van der Waals surface area contributed by atoms with Gasteiger partial charge in [-0.1, -0.05) is 18.2 Å². The largest absolute Gasteiger partial charge is 0.573 e. The molecule has 0 aliphatic heterocycles. The Labute approximate surface area is 118 Å². The van der Waals surface area contributed by atoms with E-state index in [0.717, 1.165) is 11.8 Å². The standard InChI is InChI=1S/C15H11F3O3/c16-15(17,18)21-14-6-4-13(5-7-14)20-10-12-3-1-2-11(8-12)9-19/h1-9H,10H2. The minimum atomic E-state index is -4.71. The maximum Gasteiger partial charge on any atom is 0.573 e. The number of aldehydes is 1. The van der Waals surface area contributed by atoms with Gasteiger partial charge >= 0.3 is 6.36 Å². The van der Waals surface area contributed by atoms with Gasteiger partial charge in [0.2, 0.25) is 0 Å². The van der Waals surface area contributed by atoms with Gasteiger partial charge in [-0.2, -0.15) is 0 Å². The number of benzene rings is 2. The van der Waals surface area contributed by atoms with E-state index >= 15 is 0 Å². The van der Waals surface area contributed by atoms with E-state index < -0.39 is 6.36 Å². The lowest BCUT2D eigenvalue weighted by molar-refractivity contribution is -0.274. The molecule has 21 heavy (non-hydrogen) atoms. The first-order valence-electron chi connectivity index (χ1n) is 5.99. The Morgan fingerprint density at radius 3 is 2.29 bits per heavy atom. The molecule has 0 radical (unpaired) electrons. The lowest BCUT2D eigenvalue weighted by Gasteiger charge is -2.10. The van der Waals surface area contributed by atoms with Crippen molar-refractivity contribution in [2.75, 3.05) is 0 Å². The smallest absolute Gasteiger partial charge is 0.489 e. The molecule has 0 aliphatic rings. The van der Waals surface area contributed by atoms with Crippen molar-refractivity contribution >= 4 is 6.29 Å². The minimum Gasteiger partial charge on any atom is -0.489 e. The van der Waals surface area contributed by atoms with Gasteiger partial charge in [0.05, 0.1) is 0 Å². The highest BCUT2D eigenvalue weighted by Crippen LogP contribution is 2.25. The molecule has 2 aromatic rings. The average molecular weight is 296 g/mol. The molecule has 0 atom stereocenters. The lowest BCUT2D eigenvalue weighted by Crippen LogP contribution is -2.16. The quantitative estimate of drug-likeness (QED) is 0.783. The molecule has 0 saturated heterocycles. The van der Waals surface area contributed by atoms with Crippen LogP contribution in [0, 0.1) is 0 Å². The van der Waals surface area contributed by atoms with Crippen LogP contribution in [-0.2, 0) is 6.61 Å². The Hall–Kier alpha value is -2.50. The highest BCUT2D eigenvalue weighted by atomic mass is 19.4. The summed E-state index contributed by atoms with van der Waals surface area (Å²) in [5.41, 5.74) is 1.32. The molecule has 0 saturated carbocycles. The van der Waals surface area contributed by atoms with Gasteiger partial charge < -0.3 is 9.47 Å². The Balaban J connectivity index is 1.95. The summed E-state index contributed by atoms with van der Waals surface area (Å²) in [6, 6.07) is 12.0. The molecular weight excluding hydrogens is 285 g/mol. The van der Waals surface area contributed by atoms with E-state index in [2.05, 4.69) is 4.74 Å². The predicted octanol–water partition coefficient (Wildman–Crippen LogP) is 3.98. The number of hydrogen-bond acceptors (Lipinski definition) is 3.